The summed E-state index contributed by atoms with van der Waals surface area (Å²) >= 11 is 0. The second-order valence-electron chi connectivity index (χ2n) is 3.48. The van der Waals surface area contributed by atoms with Gasteiger partial charge in [-0.1, -0.05) is 37.3 Å². The molecule has 2 aromatic rings. The molecule has 0 N–H and O–H groups in total. The number of aryl methyl sites for hydroxylation is 1. The molecule has 0 fully saturated rings. The zero-order valence-electron chi connectivity index (χ0n) is 9.22. The summed E-state index contributed by atoms with van der Waals surface area (Å²) in [6, 6.07) is 17.3. The number of hydrogen-bond donors (Lipinski definition) is 0. The highest BCUT2D eigenvalue weighted by Gasteiger charge is 1.96. The van der Waals surface area contributed by atoms with Gasteiger partial charge in [-0.15, -0.1) is 0 Å². The van der Waals surface area contributed by atoms with Crippen LogP contribution in [0.25, 0.3) is 0 Å². The van der Waals surface area contributed by atoms with Crippen molar-refractivity contribution in [1.82, 2.24) is 0 Å². The van der Waals surface area contributed by atoms with E-state index in [0.29, 0.717) is 11.5 Å². The fraction of sp³-hybridized carbons (Fsp3) is 0.143. The molecule has 0 aliphatic heterocycles. The average molecular weight is 214 g/mol. The minimum atomic E-state index is 0.696. The molecular weight excluding hydrogens is 200 g/mol. The van der Waals surface area contributed by atoms with Crippen molar-refractivity contribution in [2.75, 3.05) is 0 Å². The van der Waals surface area contributed by atoms with Crippen molar-refractivity contribution in [3.63, 3.8) is 0 Å². The molecular formula is C14H14O2. The average Bonchev–Trinajstić information content (AvgIpc) is 2.38. The second-order valence-corrected chi connectivity index (χ2v) is 3.48. The van der Waals surface area contributed by atoms with Crippen molar-refractivity contribution in [3.05, 3.63) is 60.2 Å². The molecule has 82 valence electrons. The highest BCUT2D eigenvalue weighted by molar-refractivity contribution is 5.27. The molecule has 0 unspecified atom stereocenters. The molecule has 0 saturated carbocycles. The number of rotatable bonds is 4. The molecule has 2 aromatic carbocycles. The summed E-state index contributed by atoms with van der Waals surface area (Å²) in [5.74, 6) is 1.41. The topological polar surface area (TPSA) is 18.5 Å². The lowest BCUT2D eigenvalue weighted by molar-refractivity contribution is -0.0999. The normalized spacial score (nSPS) is 9.81. The smallest absolute Gasteiger partial charge is 0.178 e. The SMILES string of the molecule is CCc1ccc(OOc2ccccc2)cc1. The van der Waals surface area contributed by atoms with E-state index < -0.39 is 0 Å². The Morgan fingerprint density at radius 1 is 0.750 bits per heavy atom. The fourth-order valence-electron chi connectivity index (χ4n) is 1.35. The Morgan fingerprint density at radius 3 is 1.88 bits per heavy atom. The van der Waals surface area contributed by atoms with Crippen LogP contribution in [0.5, 0.6) is 11.5 Å². The molecule has 0 spiro atoms. The van der Waals surface area contributed by atoms with Crippen molar-refractivity contribution < 1.29 is 9.78 Å². The standard InChI is InChI=1S/C14H14O2/c1-2-12-8-10-14(11-9-12)16-15-13-6-4-3-5-7-13/h3-11H,2H2,1H3. The lowest BCUT2D eigenvalue weighted by Gasteiger charge is -2.05. The third-order valence-corrected chi connectivity index (χ3v) is 2.31. The molecule has 0 amide bonds. The third-order valence-electron chi connectivity index (χ3n) is 2.31. The van der Waals surface area contributed by atoms with Crippen molar-refractivity contribution in [1.29, 1.82) is 0 Å². The van der Waals surface area contributed by atoms with Gasteiger partial charge in [-0.25, -0.2) is 0 Å². The Labute approximate surface area is 95.4 Å². The first-order valence-electron chi connectivity index (χ1n) is 5.37. The molecule has 0 heterocycles. The quantitative estimate of drug-likeness (QED) is 0.571. The van der Waals surface area contributed by atoms with Gasteiger partial charge < -0.3 is 0 Å². The minimum Gasteiger partial charge on any atom is -0.290 e. The van der Waals surface area contributed by atoms with Crippen molar-refractivity contribution in [2.45, 2.75) is 13.3 Å². The zero-order valence-corrected chi connectivity index (χ0v) is 9.22. The zero-order chi connectivity index (χ0) is 11.2. The van der Waals surface area contributed by atoms with Crippen LogP contribution in [0.2, 0.25) is 0 Å². The molecule has 0 saturated heterocycles. The summed E-state index contributed by atoms with van der Waals surface area (Å²) in [6.07, 6.45) is 1.03. The van der Waals surface area contributed by atoms with Crippen LogP contribution in [0.1, 0.15) is 12.5 Å². The second kappa shape index (κ2) is 5.21. The monoisotopic (exact) mass is 214 g/mol. The lowest BCUT2D eigenvalue weighted by atomic mass is 10.2. The van der Waals surface area contributed by atoms with E-state index in [9.17, 15) is 0 Å². The van der Waals surface area contributed by atoms with E-state index in [1.54, 1.807) is 0 Å². The first-order valence-corrected chi connectivity index (χ1v) is 5.37. The van der Waals surface area contributed by atoms with E-state index in [1.807, 2.05) is 54.6 Å². The largest absolute Gasteiger partial charge is 0.290 e. The van der Waals surface area contributed by atoms with E-state index in [1.165, 1.54) is 5.56 Å². The lowest BCUT2D eigenvalue weighted by Crippen LogP contribution is -1.99. The Hall–Kier alpha value is -1.96. The van der Waals surface area contributed by atoms with Crippen LogP contribution in [-0.4, -0.2) is 0 Å². The Kier molecular flexibility index (Phi) is 3.44. The highest BCUT2D eigenvalue weighted by atomic mass is 17.2. The van der Waals surface area contributed by atoms with Crippen LogP contribution >= 0.6 is 0 Å². The van der Waals surface area contributed by atoms with Gasteiger partial charge in [0.05, 0.1) is 0 Å². The van der Waals surface area contributed by atoms with Crippen molar-refractivity contribution in [3.8, 4) is 11.5 Å². The van der Waals surface area contributed by atoms with E-state index in [4.69, 9.17) is 9.78 Å². The molecule has 2 nitrogen and oxygen atoms in total. The molecule has 0 radical (unpaired) electrons. The van der Waals surface area contributed by atoms with Crippen LogP contribution in [0.4, 0.5) is 0 Å². The molecule has 0 aliphatic rings. The summed E-state index contributed by atoms with van der Waals surface area (Å²) in [5, 5.41) is 0. The summed E-state index contributed by atoms with van der Waals surface area (Å²) in [7, 11) is 0. The summed E-state index contributed by atoms with van der Waals surface area (Å²) in [5.41, 5.74) is 1.28. The van der Waals surface area contributed by atoms with E-state index >= 15 is 0 Å². The molecule has 0 aliphatic carbocycles. The fourth-order valence-corrected chi connectivity index (χ4v) is 1.35. The van der Waals surface area contributed by atoms with Crippen LogP contribution in [0.15, 0.2) is 54.6 Å². The predicted molar refractivity (Wildman–Crippen MR) is 63.5 cm³/mol. The number of hydrogen-bond acceptors (Lipinski definition) is 2. The molecule has 0 aromatic heterocycles. The van der Waals surface area contributed by atoms with Gasteiger partial charge in [0.1, 0.15) is 0 Å². The van der Waals surface area contributed by atoms with Gasteiger partial charge in [0, 0.05) is 0 Å². The van der Waals surface area contributed by atoms with Gasteiger partial charge in [0.25, 0.3) is 0 Å². The first-order chi connectivity index (χ1) is 7.88. The van der Waals surface area contributed by atoms with Gasteiger partial charge in [-0.2, -0.15) is 0 Å². The molecule has 0 atom stereocenters. The summed E-state index contributed by atoms with van der Waals surface area (Å²) in [6.45, 7) is 2.12. The maximum Gasteiger partial charge on any atom is 0.178 e. The Balaban J connectivity index is 1.94. The molecule has 2 heteroatoms. The van der Waals surface area contributed by atoms with E-state index in [2.05, 4.69) is 6.92 Å². The van der Waals surface area contributed by atoms with E-state index in [-0.39, 0.29) is 0 Å². The van der Waals surface area contributed by atoms with Crippen LogP contribution in [0, 0.1) is 0 Å². The maximum absolute atomic E-state index is 5.19. The Bertz CT molecular complexity index is 420. The highest BCUT2D eigenvalue weighted by Crippen LogP contribution is 2.15. The molecule has 0 bridgehead atoms. The van der Waals surface area contributed by atoms with Gasteiger partial charge in [0.15, 0.2) is 11.5 Å². The maximum atomic E-state index is 5.19. The third kappa shape index (κ3) is 2.76. The van der Waals surface area contributed by atoms with Crippen LogP contribution < -0.4 is 9.78 Å². The molecule has 2 rings (SSSR count). The van der Waals surface area contributed by atoms with Gasteiger partial charge in [-0.05, 0) is 36.2 Å². The Morgan fingerprint density at radius 2 is 1.31 bits per heavy atom. The summed E-state index contributed by atoms with van der Waals surface area (Å²) < 4.78 is 0. The van der Waals surface area contributed by atoms with Crippen LogP contribution in [0.3, 0.4) is 0 Å². The van der Waals surface area contributed by atoms with Gasteiger partial charge in [0.2, 0.25) is 0 Å². The van der Waals surface area contributed by atoms with Gasteiger partial charge >= 0.3 is 0 Å². The predicted octanol–water partition coefficient (Wildman–Crippen LogP) is 3.62. The molecule has 16 heavy (non-hydrogen) atoms. The van der Waals surface area contributed by atoms with Crippen molar-refractivity contribution in [2.24, 2.45) is 0 Å². The minimum absolute atomic E-state index is 0.696. The first kappa shape index (κ1) is 10.6. The summed E-state index contributed by atoms with van der Waals surface area (Å²) in [4.78, 5) is 10.4. The number of para-hydroxylation sites is 1. The van der Waals surface area contributed by atoms with Crippen molar-refractivity contribution >= 4 is 0 Å². The number of benzene rings is 2. The van der Waals surface area contributed by atoms with E-state index in [0.717, 1.165) is 6.42 Å². The van der Waals surface area contributed by atoms with Gasteiger partial charge in [-0.3, -0.25) is 9.78 Å². The van der Waals surface area contributed by atoms with Crippen LogP contribution in [-0.2, 0) is 6.42 Å².